The van der Waals surface area contributed by atoms with Crippen molar-refractivity contribution in [1.82, 2.24) is 0 Å². The SMILES string of the molecule is NCC#Cc1ccc(N)c(F)c1. The molecule has 0 heterocycles. The van der Waals surface area contributed by atoms with Crippen LogP contribution >= 0.6 is 0 Å². The Kier molecular flexibility index (Phi) is 2.67. The number of nitrogens with two attached hydrogens (primary N) is 2. The van der Waals surface area contributed by atoms with Gasteiger partial charge in [0.1, 0.15) is 5.82 Å². The van der Waals surface area contributed by atoms with E-state index in [0.717, 1.165) is 0 Å². The molecule has 0 fully saturated rings. The number of hydrogen-bond acceptors (Lipinski definition) is 2. The number of rotatable bonds is 0. The molecule has 0 unspecified atom stereocenters. The minimum Gasteiger partial charge on any atom is -0.396 e. The molecule has 0 aliphatic rings. The Balaban J connectivity index is 2.97. The van der Waals surface area contributed by atoms with Crippen LogP contribution in [0.15, 0.2) is 18.2 Å². The van der Waals surface area contributed by atoms with E-state index < -0.39 is 5.82 Å². The highest BCUT2D eigenvalue weighted by Gasteiger charge is 1.96. The lowest BCUT2D eigenvalue weighted by molar-refractivity contribution is 0.632. The third kappa shape index (κ3) is 1.97. The van der Waals surface area contributed by atoms with Crippen LogP contribution in [0.2, 0.25) is 0 Å². The van der Waals surface area contributed by atoms with E-state index in [1.807, 2.05) is 0 Å². The second-order valence-electron chi connectivity index (χ2n) is 2.24. The smallest absolute Gasteiger partial charge is 0.147 e. The highest BCUT2D eigenvalue weighted by molar-refractivity contribution is 5.46. The van der Waals surface area contributed by atoms with Crippen molar-refractivity contribution >= 4 is 5.69 Å². The maximum absolute atomic E-state index is 12.8. The molecular formula is C9H9FN2. The molecule has 1 aromatic carbocycles. The molecule has 0 saturated carbocycles. The second-order valence-corrected chi connectivity index (χ2v) is 2.24. The predicted octanol–water partition coefficient (Wildman–Crippen LogP) is 0.718. The van der Waals surface area contributed by atoms with E-state index in [1.165, 1.54) is 12.1 Å². The first-order valence-electron chi connectivity index (χ1n) is 3.48. The molecule has 4 N–H and O–H groups in total. The Labute approximate surface area is 70.4 Å². The normalized spacial score (nSPS) is 8.83. The van der Waals surface area contributed by atoms with Gasteiger partial charge in [0.2, 0.25) is 0 Å². The molecule has 1 rings (SSSR count). The van der Waals surface area contributed by atoms with Crippen molar-refractivity contribution in [3.05, 3.63) is 29.6 Å². The topological polar surface area (TPSA) is 52.0 Å². The largest absolute Gasteiger partial charge is 0.396 e. The van der Waals surface area contributed by atoms with Crippen molar-refractivity contribution in [2.45, 2.75) is 0 Å². The molecule has 3 heteroatoms. The summed E-state index contributed by atoms with van der Waals surface area (Å²) in [7, 11) is 0. The summed E-state index contributed by atoms with van der Waals surface area (Å²) in [6.45, 7) is 0.270. The lowest BCUT2D eigenvalue weighted by atomic mass is 10.2. The van der Waals surface area contributed by atoms with Gasteiger partial charge in [0.05, 0.1) is 12.2 Å². The Morgan fingerprint density at radius 2 is 2.17 bits per heavy atom. The molecule has 2 nitrogen and oxygen atoms in total. The highest BCUT2D eigenvalue weighted by Crippen LogP contribution is 2.10. The van der Waals surface area contributed by atoms with Crippen LogP contribution in [0.25, 0.3) is 0 Å². The maximum Gasteiger partial charge on any atom is 0.147 e. The van der Waals surface area contributed by atoms with Gasteiger partial charge in [0.25, 0.3) is 0 Å². The molecule has 0 spiro atoms. The summed E-state index contributed by atoms with van der Waals surface area (Å²) >= 11 is 0. The zero-order valence-electron chi connectivity index (χ0n) is 6.47. The molecule has 0 aliphatic heterocycles. The zero-order valence-corrected chi connectivity index (χ0v) is 6.47. The van der Waals surface area contributed by atoms with Gasteiger partial charge in [-0.1, -0.05) is 11.8 Å². The average molecular weight is 164 g/mol. The first kappa shape index (κ1) is 8.57. The molecule has 1 aromatic rings. The standard InChI is InChI=1S/C9H9FN2/c10-8-6-7(2-1-5-11)3-4-9(8)12/h3-4,6H,5,11-12H2. The summed E-state index contributed by atoms with van der Waals surface area (Å²) < 4.78 is 12.8. The summed E-state index contributed by atoms with van der Waals surface area (Å²) in [5.41, 5.74) is 11.1. The molecule has 12 heavy (non-hydrogen) atoms. The summed E-state index contributed by atoms with van der Waals surface area (Å²) in [5.74, 6) is 4.88. The Bertz CT molecular complexity index is 336. The van der Waals surface area contributed by atoms with Crippen molar-refractivity contribution in [2.75, 3.05) is 12.3 Å². The average Bonchev–Trinajstić information content (AvgIpc) is 2.07. The summed E-state index contributed by atoms with van der Waals surface area (Å²) in [5, 5.41) is 0. The monoisotopic (exact) mass is 164 g/mol. The van der Waals surface area contributed by atoms with E-state index in [9.17, 15) is 4.39 Å². The van der Waals surface area contributed by atoms with Crippen LogP contribution in [-0.4, -0.2) is 6.54 Å². The molecule has 0 saturated heterocycles. The van der Waals surface area contributed by atoms with Gasteiger partial charge in [-0.3, -0.25) is 0 Å². The van der Waals surface area contributed by atoms with E-state index in [2.05, 4.69) is 11.8 Å². The summed E-state index contributed by atoms with van der Waals surface area (Å²) in [6.07, 6.45) is 0. The molecule has 0 amide bonds. The molecule has 0 atom stereocenters. The third-order valence-electron chi connectivity index (χ3n) is 1.34. The molecule has 0 aliphatic carbocycles. The lowest BCUT2D eigenvalue weighted by Gasteiger charge is -1.95. The Morgan fingerprint density at radius 3 is 2.75 bits per heavy atom. The first-order valence-corrected chi connectivity index (χ1v) is 3.48. The minimum atomic E-state index is -0.446. The highest BCUT2D eigenvalue weighted by atomic mass is 19.1. The van der Waals surface area contributed by atoms with Gasteiger partial charge < -0.3 is 11.5 Å². The van der Waals surface area contributed by atoms with Crippen LogP contribution in [-0.2, 0) is 0 Å². The van der Waals surface area contributed by atoms with Crippen LogP contribution in [0.4, 0.5) is 10.1 Å². The van der Waals surface area contributed by atoms with Gasteiger partial charge in [-0.2, -0.15) is 0 Å². The van der Waals surface area contributed by atoms with E-state index >= 15 is 0 Å². The number of nitrogen functional groups attached to an aromatic ring is 1. The van der Waals surface area contributed by atoms with Gasteiger partial charge in [-0.05, 0) is 18.2 Å². The van der Waals surface area contributed by atoms with Crippen molar-refractivity contribution in [1.29, 1.82) is 0 Å². The van der Waals surface area contributed by atoms with Crippen LogP contribution in [0, 0.1) is 17.7 Å². The van der Waals surface area contributed by atoms with E-state index in [0.29, 0.717) is 5.56 Å². The maximum atomic E-state index is 12.8. The Hall–Kier alpha value is -1.53. The predicted molar refractivity (Wildman–Crippen MR) is 46.7 cm³/mol. The van der Waals surface area contributed by atoms with Crippen LogP contribution < -0.4 is 11.5 Å². The first-order chi connectivity index (χ1) is 5.74. The number of halogens is 1. The van der Waals surface area contributed by atoms with Crippen molar-refractivity contribution in [3.8, 4) is 11.8 Å². The van der Waals surface area contributed by atoms with E-state index in [4.69, 9.17) is 11.5 Å². The van der Waals surface area contributed by atoms with Crippen LogP contribution in [0.1, 0.15) is 5.56 Å². The van der Waals surface area contributed by atoms with Crippen molar-refractivity contribution < 1.29 is 4.39 Å². The van der Waals surface area contributed by atoms with E-state index in [-0.39, 0.29) is 12.2 Å². The van der Waals surface area contributed by atoms with Gasteiger partial charge in [0.15, 0.2) is 0 Å². The van der Waals surface area contributed by atoms with Crippen LogP contribution in [0.3, 0.4) is 0 Å². The molecule has 0 aromatic heterocycles. The lowest BCUT2D eigenvalue weighted by Crippen LogP contribution is -1.94. The van der Waals surface area contributed by atoms with Gasteiger partial charge in [0, 0.05) is 5.56 Å². The number of anilines is 1. The second kappa shape index (κ2) is 3.74. The van der Waals surface area contributed by atoms with Crippen LogP contribution in [0.5, 0.6) is 0 Å². The van der Waals surface area contributed by atoms with Crippen molar-refractivity contribution in [2.24, 2.45) is 5.73 Å². The number of benzene rings is 1. The zero-order chi connectivity index (χ0) is 8.97. The third-order valence-corrected chi connectivity index (χ3v) is 1.34. The molecule has 62 valence electrons. The summed E-state index contributed by atoms with van der Waals surface area (Å²) in [4.78, 5) is 0. The molecule has 0 radical (unpaired) electrons. The fourth-order valence-corrected chi connectivity index (χ4v) is 0.758. The molecule has 0 bridgehead atoms. The quantitative estimate of drug-likeness (QED) is 0.438. The fourth-order valence-electron chi connectivity index (χ4n) is 0.758. The van der Waals surface area contributed by atoms with Gasteiger partial charge in [-0.25, -0.2) is 4.39 Å². The van der Waals surface area contributed by atoms with Gasteiger partial charge in [-0.15, -0.1) is 0 Å². The van der Waals surface area contributed by atoms with Crippen molar-refractivity contribution in [3.63, 3.8) is 0 Å². The van der Waals surface area contributed by atoms with E-state index in [1.54, 1.807) is 6.07 Å². The number of hydrogen-bond donors (Lipinski definition) is 2. The van der Waals surface area contributed by atoms with Gasteiger partial charge >= 0.3 is 0 Å². The molecular weight excluding hydrogens is 155 g/mol. The minimum absolute atomic E-state index is 0.133. The summed E-state index contributed by atoms with van der Waals surface area (Å²) in [6, 6.07) is 4.43. The fraction of sp³-hybridized carbons (Fsp3) is 0.111. The Morgan fingerprint density at radius 1 is 1.42 bits per heavy atom.